The SMILES string of the molecule is Brc1ccsc1Sc1sccc1Br. The van der Waals surface area contributed by atoms with E-state index in [4.69, 9.17) is 0 Å². The highest BCUT2D eigenvalue weighted by Crippen LogP contribution is 2.42. The summed E-state index contributed by atoms with van der Waals surface area (Å²) in [4.78, 5) is 0. The fourth-order valence-electron chi connectivity index (χ4n) is 0.790. The number of halogens is 2. The van der Waals surface area contributed by atoms with Gasteiger partial charge in [-0.2, -0.15) is 0 Å². The van der Waals surface area contributed by atoms with Crippen molar-refractivity contribution in [2.75, 3.05) is 0 Å². The minimum atomic E-state index is 1.18. The Labute approximate surface area is 106 Å². The maximum atomic E-state index is 3.52. The highest BCUT2D eigenvalue weighted by molar-refractivity contribution is 9.11. The summed E-state index contributed by atoms with van der Waals surface area (Å²) in [6.07, 6.45) is 0. The molecule has 0 spiro atoms. The summed E-state index contributed by atoms with van der Waals surface area (Å²) >= 11 is 12.3. The van der Waals surface area contributed by atoms with Crippen LogP contribution in [0.25, 0.3) is 0 Å². The standard InChI is InChI=1S/C8H4Br2S3/c9-5-1-3-11-7(5)13-8-6(10)2-4-12-8/h1-4H. The first-order valence-electron chi connectivity index (χ1n) is 3.41. The molecule has 2 aromatic heterocycles. The lowest BCUT2D eigenvalue weighted by atomic mass is 10.7. The van der Waals surface area contributed by atoms with Gasteiger partial charge in [-0.05, 0) is 54.8 Å². The van der Waals surface area contributed by atoms with Crippen LogP contribution < -0.4 is 0 Å². The van der Waals surface area contributed by atoms with Crippen LogP contribution in [-0.4, -0.2) is 0 Å². The number of rotatable bonds is 2. The molecule has 0 amide bonds. The third-order valence-corrected chi connectivity index (χ3v) is 7.03. The van der Waals surface area contributed by atoms with Crippen LogP contribution in [0.5, 0.6) is 0 Å². The average molecular weight is 356 g/mol. The molecule has 0 saturated carbocycles. The summed E-state index contributed by atoms with van der Waals surface area (Å²) < 4.78 is 4.98. The Morgan fingerprint density at radius 1 is 0.923 bits per heavy atom. The molecule has 0 aromatic carbocycles. The van der Waals surface area contributed by atoms with Gasteiger partial charge in [0.25, 0.3) is 0 Å². The van der Waals surface area contributed by atoms with Crippen molar-refractivity contribution in [3.63, 3.8) is 0 Å². The van der Waals surface area contributed by atoms with Gasteiger partial charge in [0.1, 0.15) is 0 Å². The lowest BCUT2D eigenvalue weighted by molar-refractivity contribution is 1.58. The van der Waals surface area contributed by atoms with E-state index in [2.05, 4.69) is 54.8 Å². The van der Waals surface area contributed by atoms with Crippen LogP contribution in [0.3, 0.4) is 0 Å². The highest BCUT2D eigenvalue weighted by atomic mass is 79.9. The van der Waals surface area contributed by atoms with Crippen molar-refractivity contribution in [1.29, 1.82) is 0 Å². The minimum absolute atomic E-state index is 1.18. The molecule has 0 N–H and O–H groups in total. The first-order valence-corrected chi connectivity index (χ1v) is 7.57. The predicted molar refractivity (Wildman–Crippen MR) is 68.2 cm³/mol. The molecule has 68 valence electrons. The monoisotopic (exact) mass is 354 g/mol. The molecular formula is C8H4Br2S3. The van der Waals surface area contributed by atoms with E-state index in [1.165, 1.54) is 17.4 Å². The molecule has 0 aliphatic rings. The van der Waals surface area contributed by atoms with Crippen LogP contribution >= 0.6 is 66.3 Å². The Kier molecular flexibility index (Phi) is 3.53. The lowest BCUT2D eigenvalue weighted by Gasteiger charge is -1.95. The third kappa shape index (κ3) is 2.39. The Balaban J connectivity index is 2.24. The fourth-order valence-corrected chi connectivity index (χ4v) is 5.34. The van der Waals surface area contributed by atoms with Gasteiger partial charge in [-0.1, -0.05) is 11.8 Å². The second-order valence-corrected chi connectivity index (χ2v) is 7.29. The van der Waals surface area contributed by atoms with E-state index in [1.54, 1.807) is 34.4 Å². The molecular weight excluding hydrogens is 352 g/mol. The topological polar surface area (TPSA) is 0 Å². The first kappa shape index (κ1) is 10.2. The van der Waals surface area contributed by atoms with Crippen LogP contribution in [0.2, 0.25) is 0 Å². The van der Waals surface area contributed by atoms with Crippen molar-refractivity contribution in [1.82, 2.24) is 0 Å². The van der Waals surface area contributed by atoms with Crippen LogP contribution in [-0.2, 0) is 0 Å². The molecule has 0 saturated heterocycles. The molecule has 0 atom stereocenters. The summed E-state index contributed by atoms with van der Waals surface area (Å²) in [7, 11) is 0. The molecule has 0 aliphatic heterocycles. The van der Waals surface area contributed by atoms with Crippen molar-refractivity contribution in [3.8, 4) is 0 Å². The Morgan fingerprint density at radius 3 is 1.69 bits per heavy atom. The second kappa shape index (κ2) is 4.49. The van der Waals surface area contributed by atoms with E-state index < -0.39 is 0 Å². The van der Waals surface area contributed by atoms with E-state index in [0.29, 0.717) is 0 Å². The van der Waals surface area contributed by atoms with Crippen molar-refractivity contribution in [3.05, 3.63) is 31.8 Å². The van der Waals surface area contributed by atoms with Gasteiger partial charge in [-0.15, -0.1) is 22.7 Å². The zero-order valence-electron chi connectivity index (χ0n) is 6.29. The quantitative estimate of drug-likeness (QED) is 0.686. The van der Waals surface area contributed by atoms with Crippen molar-refractivity contribution in [2.45, 2.75) is 8.42 Å². The molecule has 2 heterocycles. The van der Waals surface area contributed by atoms with Gasteiger partial charge in [-0.25, -0.2) is 0 Å². The van der Waals surface area contributed by atoms with Crippen LogP contribution in [0.4, 0.5) is 0 Å². The second-order valence-electron chi connectivity index (χ2n) is 2.21. The molecule has 2 rings (SSSR count). The smallest absolute Gasteiger partial charge is 0.0796 e. The molecule has 2 aromatic rings. The number of hydrogen-bond acceptors (Lipinski definition) is 3. The van der Waals surface area contributed by atoms with E-state index in [-0.39, 0.29) is 0 Å². The van der Waals surface area contributed by atoms with Gasteiger partial charge in [0.15, 0.2) is 0 Å². The number of thiophene rings is 2. The van der Waals surface area contributed by atoms with Crippen molar-refractivity contribution in [2.24, 2.45) is 0 Å². The van der Waals surface area contributed by atoms with Crippen LogP contribution in [0.15, 0.2) is 40.3 Å². The number of hydrogen-bond donors (Lipinski definition) is 0. The van der Waals surface area contributed by atoms with Crippen LogP contribution in [0, 0.1) is 0 Å². The summed E-state index contributed by atoms with van der Waals surface area (Å²) in [6, 6.07) is 4.16. The molecule has 0 bridgehead atoms. The molecule has 13 heavy (non-hydrogen) atoms. The normalized spacial score (nSPS) is 10.6. The van der Waals surface area contributed by atoms with Gasteiger partial charge in [0.2, 0.25) is 0 Å². The molecule has 0 unspecified atom stereocenters. The fraction of sp³-hybridized carbons (Fsp3) is 0. The first-order chi connectivity index (χ1) is 6.27. The minimum Gasteiger partial charge on any atom is -0.136 e. The Morgan fingerprint density at radius 2 is 1.38 bits per heavy atom. The molecule has 0 fully saturated rings. The van der Waals surface area contributed by atoms with E-state index in [0.717, 1.165) is 0 Å². The largest absolute Gasteiger partial charge is 0.136 e. The van der Waals surface area contributed by atoms with Gasteiger partial charge < -0.3 is 0 Å². The van der Waals surface area contributed by atoms with Crippen LogP contribution in [0.1, 0.15) is 0 Å². The van der Waals surface area contributed by atoms with Crippen molar-refractivity contribution < 1.29 is 0 Å². The summed E-state index contributed by atoms with van der Waals surface area (Å²) in [5, 5.41) is 4.18. The summed E-state index contributed by atoms with van der Waals surface area (Å²) in [6.45, 7) is 0. The van der Waals surface area contributed by atoms with Crippen molar-refractivity contribution >= 4 is 66.3 Å². The highest BCUT2D eigenvalue weighted by Gasteiger charge is 2.07. The van der Waals surface area contributed by atoms with Gasteiger partial charge in [-0.3, -0.25) is 0 Å². The van der Waals surface area contributed by atoms with E-state index >= 15 is 0 Å². The predicted octanol–water partition coefficient (Wildman–Crippen LogP) is 5.49. The molecule has 0 nitrogen and oxygen atoms in total. The van der Waals surface area contributed by atoms with Gasteiger partial charge in [0, 0.05) is 8.95 Å². The Bertz CT molecular complexity index is 367. The zero-order chi connectivity index (χ0) is 9.26. The maximum Gasteiger partial charge on any atom is 0.0796 e. The van der Waals surface area contributed by atoms with Gasteiger partial charge >= 0.3 is 0 Å². The van der Waals surface area contributed by atoms with E-state index in [1.807, 2.05) is 0 Å². The Hall–Kier alpha value is 0.710. The zero-order valence-corrected chi connectivity index (χ0v) is 11.9. The lowest BCUT2D eigenvalue weighted by Crippen LogP contribution is -1.62. The molecule has 0 radical (unpaired) electrons. The molecule has 5 heteroatoms. The van der Waals surface area contributed by atoms with Gasteiger partial charge in [0.05, 0.1) is 8.42 Å². The molecule has 0 aliphatic carbocycles. The third-order valence-electron chi connectivity index (χ3n) is 1.35. The maximum absolute atomic E-state index is 3.52. The average Bonchev–Trinajstić information content (AvgIpc) is 2.65. The summed E-state index contributed by atoms with van der Waals surface area (Å²) in [5.74, 6) is 0. The van der Waals surface area contributed by atoms with E-state index in [9.17, 15) is 0 Å². The summed E-state index contributed by atoms with van der Waals surface area (Å²) in [5.41, 5.74) is 0.